The topological polar surface area (TPSA) is 29.9 Å². The summed E-state index contributed by atoms with van der Waals surface area (Å²) in [4.78, 5) is 4.56. The minimum Gasteiger partial charge on any atom is -0.330 e. The first kappa shape index (κ1) is 14.6. The Labute approximate surface area is 117 Å². The summed E-state index contributed by atoms with van der Waals surface area (Å²) in [6.07, 6.45) is 14.6. The maximum absolute atomic E-state index is 4.56. The second kappa shape index (κ2) is 7.68. The molecule has 1 aliphatic rings. The van der Waals surface area contributed by atoms with Crippen LogP contribution in [0.2, 0.25) is 0 Å². The molecule has 0 amide bonds. The van der Waals surface area contributed by atoms with E-state index in [0.717, 1.165) is 13.0 Å². The van der Waals surface area contributed by atoms with Gasteiger partial charge in [-0.05, 0) is 25.8 Å². The number of hydrogen-bond donors (Lipinski definition) is 1. The molecule has 1 saturated carbocycles. The Kier molecular flexibility index (Phi) is 5.90. The Morgan fingerprint density at radius 2 is 2.00 bits per heavy atom. The molecule has 0 bridgehead atoms. The number of hydrogen-bond acceptors (Lipinski definition) is 2. The average Bonchev–Trinajstić information content (AvgIpc) is 2.82. The van der Waals surface area contributed by atoms with Crippen LogP contribution in [0.3, 0.4) is 0 Å². The van der Waals surface area contributed by atoms with Gasteiger partial charge in [0.25, 0.3) is 0 Å². The van der Waals surface area contributed by atoms with Crippen LogP contribution in [0.25, 0.3) is 0 Å². The van der Waals surface area contributed by atoms with Crippen LogP contribution in [0, 0.1) is 0 Å². The van der Waals surface area contributed by atoms with Crippen molar-refractivity contribution in [2.45, 2.75) is 77.3 Å². The standard InChI is InChI=1S/C16H29N3/c1-3-9-16-18-12-13-19(16)15-11-8-6-5-7-10-14(15)17-4-2/h12-15,17H,3-11H2,1-2H3. The SMILES string of the molecule is CCCc1nccn1C1CCCCCCC1NCC. The van der Waals surface area contributed by atoms with Crippen molar-refractivity contribution in [3.63, 3.8) is 0 Å². The fourth-order valence-corrected chi connectivity index (χ4v) is 3.36. The van der Waals surface area contributed by atoms with Crippen LogP contribution in [0.1, 0.15) is 70.7 Å². The van der Waals surface area contributed by atoms with E-state index in [2.05, 4.69) is 34.9 Å². The van der Waals surface area contributed by atoms with Crippen LogP contribution in [0.4, 0.5) is 0 Å². The number of rotatable bonds is 5. The number of nitrogens with one attached hydrogen (secondary N) is 1. The highest BCUT2D eigenvalue weighted by atomic mass is 15.1. The summed E-state index contributed by atoms with van der Waals surface area (Å²) < 4.78 is 2.46. The molecular formula is C16H29N3. The molecule has 3 nitrogen and oxygen atoms in total. The first-order chi connectivity index (χ1) is 9.36. The fraction of sp³-hybridized carbons (Fsp3) is 0.812. The summed E-state index contributed by atoms with van der Waals surface area (Å²) in [5.41, 5.74) is 0. The number of nitrogens with zero attached hydrogens (tertiary/aromatic N) is 2. The maximum Gasteiger partial charge on any atom is 0.108 e. The molecule has 3 heteroatoms. The molecule has 1 heterocycles. The molecule has 0 saturated heterocycles. The zero-order chi connectivity index (χ0) is 13.5. The van der Waals surface area contributed by atoms with E-state index in [-0.39, 0.29) is 0 Å². The van der Waals surface area contributed by atoms with Crippen LogP contribution < -0.4 is 5.32 Å². The molecule has 1 aromatic heterocycles. The van der Waals surface area contributed by atoms with Crippen LogP contribution in [-0.4, -0.2) is 22.1 Å². The van der Waals surface area contributed by atoms with Gasteiger partial charge in [-0.3, -0.25) is 0 Å². The predicted molar refractivity (Wildman–Crippen MR) is 80.4 cm³/mol. The number of aryl methyl sites for hydroxylation is 1. The van der Waals surface area contributed by atoms with Crippen LogP contribution >= 0.6 is 0 Å². The van der Waals surface area contributed by atoms with Crippen molar-refractivity contribution in [3.8, 4) is 0 Å². The highest BCUT2D eigenvalue weighted by Gasteiger charge is 2.24. The Morgan fingerprint density at radius 3 is 2.74 bits per heavy atom. The zero-order valence-corrected chi connectivity index (χ0v) is 12.6. The summed E-state index contributed by atoms with van der Waals surface area (Å²) in [7, 11) is 0. The van der Waals surface area contributed by atoms with Gasteiger partial charge in [-0.25, -0.2) is 4.98 Å². The molecule has 108 valence electrons. The van der Waals surface area contributed by atoms with E-state index in [1.54, 1.807) is 0 Å². The Bertz CT molecular complexity index is 359. The molecule has 0 radical (unpaired) electrons. The molecule has 2 unspecified atom stereocenters. The lowest BCUT2D eigenvalue weighted by Gasteiger charge is -2.32. The van der Waals surface area contributed by atoms with E-state index in [4.69, 9.17) is 0 Å². The highest BCUT2D eigenvalue weighted by Crippen LogP contribution is 2.28. The van der Waals surface area contributed by atoms with Crippen molar-refractivity contribution in [3.05, 3.63) is 18.2 Å². The zero-order valence-electron chi connectivity index (χ0n) is 12.6. The number of likely N-dealkylation sites (N-methyl/N-ethyl adjacent to an activating group) is 1. The second-order valence-corrected chi connectivity index (χ2v) is 5.72. The van der Waals surface area contributed by atoms with E-state index in [1.165, 1.54) is 50.8 Å². The third-order valence-electron chi connectivity index (χ3n) is 4.28. The first-order valence-corrected chi connectivity index (χ1v) is 8.11. The normalized spacial score (nSPS) is 24.9. The lowest BCUT2D eigenvalue weighted by Crippen LogP contribution is -2.38. The van der Waals surface area contributed by atoms with Crippen molar-refractivity contribution >= 4 is 0 Å². The van der Waals surface area contributed by atoms with Crippen molar-refractivity contribution in [2.24, 2.45) is 0 Å². The smallest absolute Gasteiger partial charge is 0.108 e. The van der Waals surface area contributed by atoms with Gasteiger partial charge < -0.3 is 9.88 Å². The molecular weight excluding hydrogens is 234 g/mol. The number of imidazole rings is 1. The Balaban J connectivity index is 2.17. The third-order valence-corrected chi connectivity index (χ3v) is 4.28. The molecule has 1 aliphatic carbocycles. The van der Waals surface area contributed by atoms with E-state index in [9.17, 15) is 0 Å². The second-order valence-electron chi connectivity index (χ2n) is 5.72. The lowest BCUT2D eigenvalue weighted by atomic mass is 9.92. The third kappa shape index (κ3) is 3.82. The molecule has 2 rings (SSSR count). The van der Waals surface area contributed by atoms with Gasteiger partial charge in [0, 0.05) is 24.9 Å². The molecule has 0 aliphatic heterocycles. The summed E-state index contributed by atoms with van der Waals surface area (Å²) in [5, 5.41) is 3.71. The molecule has 0 spiro atoms. The molecule has 1 fully saturated rings. The van der Waals surface area contributed by atoms with E-state index >= 15 is 0 Å². The van der Waals surface area contributed by atoms with Crippen molar-refractivity contribution < 1.29 is 0 Å². The van der Waals surface area contributed by atoms with Crippen molar-refractivity contribution in [2.75, 3.05) is 6.54 Å². The summed E-state index contributed by atoms with van der Waals surface area (Å²) in [6.45, 7) is 5.52. The molecule has 1 N–H and O–H groups in total. The fourth-order valence-electron chi connectivity index (χ4n) is 3.36. The Hall–Kier alpha value is -0.830. The van der Waals surface area contributed by atoms with Gasteiger partial charge in [0.05, 0.1) is 6.04 Å². The molecule has 2 atom stereocenters. The lowest BCUT2D eigenvalue weighted by molar-refractivity contribution is 0.281. The van der Waals surface area contributed by atoms with Gasteiger partial charge in [-0.1, -0.05) is 39.5 Å². The highest BCUT2D eigenvalue weighted by molar-refractivity contribution is 4.98. The van der Waals surface area contributed by atoms with Gasteiger partial charge in [0.1, 0.15) is 5.82 Å². The van der Waals surface area contributed by atoms with Crippen molar-refractivity contribution in [1.82, 2.24) is 14.9 Å². The molecule has 1 aromatic rings. The minimum atomic E-state index is 0.601. The van der Waals surface area contributed by atoms with Gasteiger partial charge >= 0.3 is 0 Å². The summed E-state index contributed by atoms with van der Waals surface area (Å²) >= 11 is 0. The average molecular weight is 263 g/mol. The minimum absolute atomic E-state index is 0.601. The maximum atomic E-state index is 4.56. The molecule has 0 aromatic carbocycles. The van der Waals surface area contributed by atoms with Gasteiger partial charge in [0.15, 0.2) is 0 Å². The predicted octanol–water partition coefficient (Wildman–Crippen LogP) is 3.71. The van der Waals surface area contributed by atoms with E-state index in [0.29, 0.717) is 12.1 Å². The van der Waals surface area contributed by atoms with Gasteiger partial charge in [0.2, 0.25) is 0 Å². The van der Waals surface area contributed by atoms with E-state index in [1.807, 2.05) is 6.20 Å². The molecule has 19 heavy (non-hydrogen) atoms. The van der Waals surface area contributed by atoms with Gasteiger partial charge in [-0.15, -0.1) is 0 Å². The monoisotopic (exact) mass is 263 g/mol. The number of aromatic nitrogens is 2. The van der Waals surface area contributed by atoms with Crippen LogP contribution in [0.5, 0.6) is 0 Å². The van der Waals surface area contributed by atoms with Crippen LogP contribution in [-0.2, 0) is 6.42 Å². The first-order valence-electron chi connectivity index (χ1n) is 8.11. The summed E-state index contributed by atoms with van der Waals surface area (Å²) in [5.74, 6) is 1.27. The van der Waals surface area contributed by atoms with Crippen molar-refractivity contribution in [1.29, 1.82) is 0 Å². The summed E-state index contributed by atoms with van der Waals surface area (Å²) in [6, 6.07) is 1.22. The van der Waals surface area contributed by atoms with E-state index < -0.39 is 0 Å². The largest absolute Gasteiger partial charge is 0.330 e. The quantitative estimate of drug-likeness (QED) is 0.877. The Morgan fingerprint density at radius 1 is 1.21 bits per heavy atom. The van der Waals surface area contributed by atoms with Crippen LogP contribution in [0.15, 0.2) is 12.4 Å². The van der Waals surface area contributed by atoms with Gasteiger partial charge in [-0.2, -0.15) is 0 Å².